The van der Waals surface area contributed by atoms with Crippen LogP contribution in [0.3, 0.4) is 0 Å². The van der Waals surface area contributed by atoms with Crippen LogP contribution in [0.25, 0.3) is 0 Å². The van der Waals surface area contributed by atoms with Crippen LogP contribution in [0.1, 0.15) is 57.3 Å². The first kappa shape index (κ1) is 20.8. The second kappa shape index (κ2) is 10.6. The third kappa shape index (κ3) is 6.03. The van der Waals surface area contributed by atoms with Crippen molar-refractivity contribution >= 4 is 29.4 Å². The van der Waals surface area contributed by atoms with E-state index >= 15 is 0 Å². The highest BCUT2D eigenvalue weighted by Gasteiger charge is 2.17. The summed E-state index contributed by atoms with van der Waals surface area (Å²) >= 11 is 4.02. The van der Waals surface area contributed by atoms with Gasteiger partial charge in [0.1, 0.15) is 0 Å². The molecule has 0 aromatic heterocycles. The summed E-state index contributed by atoms with van der Waals surface area (Å²) in [5, 5.41) is 3.06. The summed E-state index contributed by atoms with van der Waals surface area (Å²) in [6.45, 7) is 4.04. The normalized spacial score (nSPS) is 18.5. The first-order valence-corrected chi connectivity index (χ1v) is 12.8. The third-order valence-corrected chi connectivity index (χ3v) is 8.62. The molecule has 2 aromatic rings. The lowest BCUT2D eigenvalue weighted by molar-refractivity contribution is 0.0951. The number of benzene rings is 2. The fraction of sp³-hybridized carbons (Fsp3) is 0.458. The summed E-state index contributed by atoms with van der Waals surface area (Å²) in [7, 11) is 0. The zero-order valence-electron chi connectivity index (χ0n) is 16.9. The minimum Gasteiger partial charge on any atom is -0.348 e. The molecule has 0 bridgehead atoms. The van der Waals surface area contributed by atoms with Crippen LogP contribution in [0.15, 0.2) is 48.5 Å². The Hall–Kier alpha value is -1.43. The summed E-state index contributed by atoms with van der Waals surface area (Å²) in [4.78, 5) is 15.0. The molecular weight excluding hydrogens is 396 g/mol. The van der Waals surface area contributed by atoms with Gasteiger partial charge in [-0.05, 0) is 72.7 Å². The van der Waals surface area contributed by atoms with Gasteiger partial charge in [-0.1, -0.05) is 42.8 Å². The molecule has 2 heterocycles. The minimum atomic E-state index is -0.00195. The van der Waals surface area contributed by atoms with E-state index in [1.807, 2.05) is 35.7 Å². The summed E-state index contributed by atoms with van der Waals surface area (Å²) in [6, 6.07) is 16.8. The molecule has 2 fully saturated rings. The van der Waals surface area contributed by atoms with Gasteiger partial charge in [-0.2, -0.15) is 0 Å². The van der Waals surface area contributed by atoms with E-state index in [4.69, 9.17) is 0 Å². The average Bonchev–Trinajstić information content (AvgIpc) is 2.80. The quantitative estimate of drug-likeness (QED) is 0.664. The maximum absolute atomic E-state index is 12.5. The number of carbonyl (C=O) groups is 1. The highest BCUT2D eigenvalue weighted by Crippen LogP contribution is 2.43. The van der Waals surface area contributed by atoms with Gasteiger partial charge < -0.3 is 5.32 Å². The number of nitrogens with one attached hydrogen (secondary N) is 1. The second-order valence-electron chi connectivity index (χ2n) is 7.89. The molecule has 0 unspecified atom stereocenters. The number of nitrogens with zero attached hydrogens (tertiary/aromatic N) is 1. The monoisotopic (exact) mass is 426 g/mol. The third-order valence-electron chi connectivity index (χ3n) is 5.60. The lowest BCUT2D eigenvalue weighted by atomic mass is 10.1. The van der Waals surface area contributed by atoms with E-state index < -0.39 is 0 Å². The van der Waals surface area contributed by atoms with E-state index in [1.165, 1.54) is 61.4 Å². The summed E-state index contributed by atoms with van der Waals surface area (Å²) in [6.07, 6.45) is 5.31. The van der Waals surface area contributed by atoms with Gasteiger partial charge in [-0.3, -0.25) is 9.69 Å². The Balaban J connectivity index is 1.26. The molecule has 1 amide bonds. The maximum atomic E-state index is 12.5. The van der Waals surface area contributed by atoms with Crippen LogP contribution < -0.4 is 5.32 Å². The number of hydrogen-bond acceptors (Lipinski definition) is 4. The molecule has 5 heteroatoms. The summed E-state index contributed by atoms with van der Waals surface area (Å²) in [5.41, 5.74) is 4.56. The van der Waals surface area contributed by atoms with Crippen molar-refractivity contribution < 1.29 is 4.79 Å². The number of hydrogen-bond donors (Lipinski definition) is 1. The van der Waals surface area contributed by atoms with Crippen molar-refractivity contribution in [2.45, 2.75) is 43.4 Å². The highest BCUT2D eigenvalue weighted by atomic mass is 32.2. The number of thioether (sulfide) groups is 2. The van der Waals surface area contributed by atoms with E-state index in [0.29, 0.717) is 11.1 Å². The van der Waals surface area contributed by atoms with Gasteiger partial charge in [0.25, 0.3) is 5.91 Å². The van der Waals surface area contributed by atoms with Crippen molar-refractivity contribution in [3.8, 4) is 0 Å². The van der Waals surface area contributed by atoms with Crippen LogP contribution in [0.5, 0.6) is 0 Å². The minimum absolute atomic E-state index is 0.00195. The molecule has 0 spiro atoms. The fourth-order valence-corrected chi connectivity index (χ4v) is 6.79. The van der Waals surface area contributed by atoms with Crippen molar-refractivity contribution in [3.63, 3.8) is 0 Å². The van der Waals surface area contributed by atoms with Crippen molar-refractivity contribution in [1.82, 2.24) is 10.2 Å². The number of amides is 1. The number of piperidine rings is 1. The molecule has 2 saturated heterocycles. The van der Waals surface area contributed by atoms with Gasteiger partial charge in [-0.15, -0.1) is 23.5 Å². The average molecular weight is 427 g/mol. The van der Waals surface area contributed by atoms with Gasteiger partial charge in [-0.25, -0.2) is 0 Å². The zero-order chi connectivity index (χ0) is 19.9. The molecule has 0 saturated carbocycles. The molecular formula is C24H30N2OS2. The molecule has 2 aromatic carbocycles. The van der Waals surface area contributed by atoms with Gasteiger partial charge in [0.2, 0.25) is 0 Å². The molecule has 0 radical (unpaired) electrons. The summed E-state index contributed by atoms with van der Waals surface area (Å²) in [5.74, 6) is 2.46. The number of likely N-dealkylation sites (tertiary alicyclic amines) is 1. The Kier molecular flexibility index (Phi) is 7.58. The first-order chi connectivity index (χ1) is 14.3. The molecule has 29 heavy (non-hydrogen) atoms. The Morgan fingerprint density at radius 2 is 1.52 bits per heavy atom. The maximum Gasteiger partial charge on any atom is 0.251 e. The molecule has 3 nitrogen and oxygen atoms in total. The Labute approximate surface area is 183 Å². The van der Waals surface area contributed by atoms with Crippen LogP contribution in [0, 0.1) is 0 Å². The molecule has 1 N–H and O–H groups in total. The van der Waals surface area contributed by atoms with Gasteiger partial charge in [0.15, 0.2) is 0 Å². The van der Waals surface area contributed by atoms with E-state index in [0.717, 1.165) is 17.7 Å². The van der Waals surface area contributed by atoms with Crippen LogP contribution in [-0.4, -0.2) is 35.4 Å². The van der Waals surface area contributed by atoms with Crippen molar-refractivity contribution in [2.24, 2.45) is 0 Å². The van der Waals surface area contributed by atoms with Crippen molar-refractivity contribution in [1.29, 1.82) is 0 Å². The van der Waals surface area contributed by atoms with Gasteiger partial charge >= 0.3 is 0 Å². The molecule has 0 atom stereocenters. The predicted octanol–water partition coefficient (Wildman–Crippen LogP) is 5.47. The zero-order valence-corrected chi connectivity index (χ0v) is 18.6. The molecule has 2 aliphatic heterocycles. The standard InChI is InChI=1S/C24H30N2OS2/c27-23(21-9-11-22(12-10-21)24-28-15-4-16-29-24)25-17-19-5-7-20(8-6-19)18-26-13-2-1-3-14-26/h5-12,24H,1-4,13-18H2,(H,25,27). The fourth-order valence-electron chi connectivity index (χ4n) is 3.89. The van der Waals surface area contributed by atoms with E-state index in [9.17, 15) is 4.79 Å². The SMILES string of the molecule is O=C(NCc1ccc(CN2CCCCC2)cc1)c1ccc(C2SCCCS2)cc1. The number of rotatable bonds is 6. The van der Waals surface area contributed by atoms with Crippen LogP contribution in [-0.2, 0) is 13.1 Å². The largest absolute Gasteiger partial charge is 0.348 e. The lowest BCUT2D eigenvalue weighted by Crippen LogP contribution is -2.29. The molecule has 2 aliphatic rings. The van der Waals surface area contributed by atoms with E-state index in [1.54, 1.807) is 0 Å². The predicted molar refractivity (Wildman–Crippen MR) is 125 cm³/mol. The Bertz CT molecular complexity index is 780. The highest BCUT2D eigenvalue weighted by molar-refractivity contribution is 8.16. The van der Waals surface area contributed by atoms with Crippen LogP contribution >= 0.6 is 23.5 Å². The topological polar surface area (TPSA) is 32.3 Å². The van der Waals surface area contributed by atoms with Crippen molar-refractivity contribution in [2.75, 3.05) is 24.6 Å². The van der Waals surface area contributed by atoms with Gasteiger partial charge in [0.05, 0.1) is 4.58 Å². The first-order valence-electron chi connectivity index (χ1n) is 10.7. The van der Waals surface area contributed by atoms with Crippen molar-refractivity contribution in [3.05, 3.63) is 70.8 Å². The van der Waals surface area contributed by atoms with E-state index in [-0.39, 0.29) is 5.91 Å². The molecule has 154 valence electrons. The van der Waals surface area contributed by atoms with Crippen LogP contribution in [0.4, 0.5) is 0 Å². The smallest absolute Gasteiger partial charge is 0.251 e. The summed E-state index contributed by atoms with van der Waals surface area (Å²) < 4.78 is 0.518. The Morgan fingerprint density at radius 3 is 2.21 bits per heavy atom. The number of carbonyl (C=O) groups excluding carboxylic acids is 1. The van der Waals surface area contributed by atoms with Gasteiger partial charge in [0, 0.05) is 18.7 Å². The second-order valence-corrected chi connectivity index (χ2v) is 10.6. The lowest BCUT2D eigenvalue weighted by Gasteiger charge is -2.26. The molecule has 4 rings (SSSR count). The van der Waals surface area contributed by atoms with E-state index in [2.05, 4.69) is 46.6 Å². The van der Waals surface area contributed by atoms with Crippen LogP contribution in [0.2, 0.25) is 0 Å². The Morgan fingerprint density at radius 1 is 0.862 bits per heavy atom. The molecule has 0 aliphatic carbocycles.